The highest BCUT2D eigenvalue weighted by Gasteiger charge is 2.24. The maximum Gasteiger partial charge on any atom is 0.270 e. The fourth-order valence-electron chi connectivity index (χ4n) is 4.38. The van der Waals surface area contributed by atoms with Gasteiger partial charge in [-0.1, -0.05) is 6.92 Å². The van der Waals surface area contributed by atoms with Crippen molar-refractivity contribution < 1.29 is 9.53 Å². The predicted molar refractivity (Wildman–Crippen MR) is 124 cm³/mol. The number of pyridine rings is 1. The van der Waals surface area contributed by atoms with Crippen LogP contribution >= 0.6 is 0 Å². The Hall–Kier alpha value is -3.24. The van der Waals surface area contributed by atoms with E-state index in [1.165, 1.54) is 0 Å². The Morgan fingerprint density at radius 1 is 1.21 bits per heavy atom. The first-order chi connectivity index (χ1) is 16.0. The molecule has 2 saturated heterocycles. The van der Waals surface area contributed by atoms with Crippen molar-refractivity contribution in [3.63, 3.8) is 0 Å². The molecule has 5 rings (SSSR count). The van der Waals surface area contributed by atoms with E-state index in [1.807, 2.05) is 32.3 Å². The van der Waals surface area contributed by atoms with E-state index in [0.717, 1.165) is 60.9 Å². The third-order valence-corrected chi connectivity index (χ3v) is 6.42. The molecular weight excluding hydrogens is 422 g/mol. The van der Waals surface area contributed by atoms with Crippen LogP contribution in [-0.4, -0.2) is 75.8 Å². The number of hydrogen-bond donors (Lipinski definition) is 2. The van der Waals surface area contributed by atoms with Crippen molar-refractivity contribution >= 4 is 17.2 Å². The summed E-state index contributed by atoms with van der Waals surface area (Å²) in [5.41, 5.74) is 4.83. The van der Waals surface area contributed by atoms with Gasteiger partial charge in [0.2, 0.25) is 0 Å². The lowest BCUT2D eigenvalue weighted by Crippen LogP contribution is -2.48. The summed E-state index contributed by atoms with van der Waals surface area (Å²) in [4.78, 5) is 36.8. The van der Waals surface area contributed by atoms with E-state index in [9.17, 15) is 9.59 Å². The average molecular weight is 452 g/mol. The summed E-state index contributed by atoms with van der Waals surface area (Å²) < 4.78 is 6.87. The summed E-state index contributed by atoms with van der Waals surface area (Å²) in [6.45, 7) is 9.29. The van der Waals surface area contributed by atoms with Crippen LogP contribution in [0.5, 0.6) is 0 Å². The smallest absolute Gasteiger partial charge is 0.270 e. The SMILES string of the molecule is CCc1cn2ncc(CN3CCN(c4ccc(C(=O)NC5COC5)nc4C)CC3)c2[nH]c1=O. The van der Waals surface area contributed by atoms with E-state index in [2.05, 4.69) is 30.2 Å². The summed E-state index contributed by atoms with van der Waals surface area (Å²) in [5, 5.41) is 7.35. The summed E-state index contributed by atoms with van der Waals surface area (Å²) in [6, 6.07) is 3.88. The number of hydrogen-bond acceptors (Lipinski definition) is 7. The number of H-pyrrole nitrogens is 1. The second-order valence-corrected chi connectivity index (χ2v) is 8.70. The molecule has 2 fully saturated rings. The zero-order valence-electron chi connectivity index (χ0n) is 19.0. The molecule has 0 saturated carbocycles. The van der Waals surface area contributed by atoms with Crippen LogP contribution < -0.4 is 15.8 Å². The van der Waals surface area contributed by atoms with Crippen molar-refractivity contribution in [3.05, 3.63) is 57.4 Å². The Kier molecular flexibility index (Phi) is 5.86. The molecule has 3 aromatic heterocycles. The largest absolute Gasteiger partial charge is 0.377 e. The summed E-state index contributed by atoms with van der Waals surface area (Å²) in [7, 11) is 0. The third-order valence-electron chi connectivity index (χ3n) is 6.42. The number of ether oxygens (including phenoxy) is 1. The van der Waals surface area contributed by atoms with Crippen LogP contribution in [0.25, 0.3) is 5.65 Å². The van der Waals surface area contributed by atoms with Crippen LogP contribution in [0.1, 0.15) is 34.2 Å². The fourth-order valence-corrected chi connectivity index (χ4v) is 4.38. The highest BCUT2D eigenvalue weighted by Crippen LogP contribution is 2.22. The maximum atomic E-state index is 12.4. The number of amides is 1. The zero-order chi connectivity index (χ0) is 22.9. The molecule has 0 aromatic carbocycles. The molecule has 1 amide bonds. The number of piperazine rings is 1. The highest BCUT2D eigenvalue weighted by molar-refractivity contribution is 5.93. The van der Waals surface area contributed by atoms with E-state index >= 15 is 0 Å². The van der Waals surface area contributed by atoms with E-state index in [-0.39, 0.29) is 17.5 Å². The molecule has 10 heteroatoms. The Morgan fingerprint density at radius 3 is 2.67 bits per heavy atom. The minimum Gasteiger partial charge on any atom is -0.377 e. The number of fused-ring (bicyclic) bond motifs is 1. The molecule has 5 heterocycles. The molecule has 2 aliphatic heterocycles. The van der Waals surface area contributed by atoms with Gasteiger partial charge >= 0.3 is 0 Å². The van der Waals surface area contributed by atoms with Crippen LogP contribution in [-0.2, 0) is 17.7 Å². The summed E-state index contributed by atoms with van der Waals surface area (Å²) >= 11 is 0. The van der Waals surface area contributed by atoms with Gasteiger partial charge in [-0.05, 0) is 25.5 Å². The van der Waals surface area contributed by atoms with Gasteiger partial charge in [0, 0.05) is 50.0 Å². The summed E-state index contributed by atoms with van der Waals surface area (Å²) in [5.74, 6) is -0.153. The van der Waals surface area contributed by atoms with E-state index in [1.54, 1.807) is 10.6 Å². The maximum absolute atomic E-state index is 12.4. The van der Waals surface area contributed by atoms with Gasteiger partial charge in [-0.15, -0.1) is 0 Å². The second kappa shape index (κ2) is 8.95. The summed E-state index contributed by atoms with van der Waals surface area (Å²) in [6.07, 6.45) is 4.33. The second-order valence-electron chi connectivity index (χ2n) is 8.70. The Balaban J connectivity index is 1.21. The molecule has 174 valence electrons. The minimum absolute atomic E-state index is 0.0438. The number of aromatic nitrogens is 4. The number of rotatable bonds is 6. The van der Waals surface area contributed by atoms with Crippen LogP contribution in [0.2, 0.25) is 0 Å². The molecule has 0 aliphatic carbocycles. The Morgan fingerprint density at radius 2 is 2.00 bits per heavy atom. The quantitative estimate of drug-likeness (QED) is 0.569. The molecule has 0 spiro atoms. The first kappa shape index (κ1) is 21.6. The van der Waals surface area contributed by atoms with Gasteiger partial charge in [0.15, 0.2) is 0 Å². The predicted octanol–water partition coefficient (Wildman–Crippen LogP) is 0.739. The highest BCUT2D eigenvalue weighted by atomic mass is 16.5. The monoisotopic (exact) mass is 451 g/mol. The van der Waals surface area contributed by atoms with E-state index in [4.69, 9.17) is 4.74 Å². The number of aromatic amines is 1. The van der Waals surface area contributed by atoms with Crippen LogP contribution in [0.3, 0.4) is 0 Å². The minimum atomic E-state index is -0.153. The average Bonchev–Trinajstić information content (AvgIpc) is 3.17. The number of carbonyl (C=O) groups is 1. The van der Waals surface area contributed by atoms with Gasteiger partial charge in [-0.25, -0.2) is 9.50 Å². The zero-order valence-corrected chi connectivity index (χ0v) is 19.0. The van der Waals surface area contributed by atoms with Crippen molar-refractivity contribution in [2.45, 2.75) is 32.9 Å². The van der Waals surface area contributed by atoms with Gasteiger partial charge in [0.05, 0.1) is 36.8 Å². The van der Waals surface area contributed by atoms with Gasteiger partial charge in [-0.2, -0.15) is 5.10 Å². The van der Waals surface area contributed by atoms with Gasteiger partial charge in [0.25, 0.3) is 11.5 Å². The fraction of sp³-hybridized carbons (Fsp3) is 0.478. The lowest BCUT2D eigenvalue weighted by atomic mass is 10.2. The van der Waals surface area contributed by atoms with Crippen molar-refractivity contribution in [2.24, 2.45) is 0 Å². The van der Waals surface area contributed by atoms with Crippen LogP contribution in [0.4, 0.5) is 5.69 Å². The number of nitrogens with zero attached hydrogens (tertiary/aromatic N) is 5. The van der Waals surface area contributed by atoms with E-state index in [0.29, 0.717) is 25.3 Å². The molecule has 33 heavy (non-hydrogen) atoms. The molecular formula is C23H29N7O3. The van der Waals surface area contributed by atoms with Crippen molar-refractivity contribution in [2.75, 3.05) is 44.3 Å². The van der Waals surface area contributed by atoms with Crippen molar-refractivity contribution in [3.8, 4) is 0 Å². The standard InChI is InChI=1S/C23H29N7O3/c1-3-16-12-30-21(27-22(16)31)17(10-24-30)11-28-6-8-29(9-7-28)20-5-4-19(25-15(20)2)23(32)26-18-13-33-14-18/h4-5,10,12,18H,3,6-9,11,13-14H2,1-2H3,(H,26,32)(H,27,31). The third kappa shape index (κ3) is 4.36. The van der Waals surface area contributed by atoms with Crippen LogP contribution in [0.15, 0.2) is 29.3 Å². The number of anilines is 1. The van der Waals surface area contributed by atoms with Gasteiger partial charge in [-0.3, -0.25) is 14.5 Å². The molecule has 3 aromatic rings. The molecule has 2 aliphatic rings. The van der Waals surface area contributed by atoms with E-state index < -0.39 is 0 Å². The molecule has 0 radical (unpaired) electrons. The number of nitrogens with one attached hydrogen (secondary N) is 2. The normalized spacial score (nSPS) is 17.3. The van der Waals surface area contributed by atoms with Crippen molar-refractivity contribution in [1.29, 1.82) is 0 Å². The first-order valence-corrected chi connectivity index (χ1v) is 11.4. The van der Waals surface area contributed by atoms with Gasteiger partial charge < -0.3 is 19.9 Å². The molecule has 0 bridgehead atoms. The van der Waals surface area contributed by atoms with Crippen molar-refractivity contribution in [1.82, 2.24) is 29.8 Å². The molecule has 0 unspecified atom stereocenters. The number of carbonyl (C=O) groups excluding carboxylic acids is 1. The number of aryl methyl sites for hydroxylation is 2. The molecule has 2 N–H and O–H groups in total. The molecule has 0 atom stereocenters. The Labute approximate surface area is 191 Å². The van der Waals surface area contributed by atoms with Crippen LogP contribution in [0, 0.1) is 6.92 Å². The lowest BCUT2D eigenvalue weighted by Gasteiger charge is -2.36. The lowest BCUT2D eigenvalue weighted by molar-refractivity contribution is -0.00355. The van der Waals surface area contributed by atoms with Gasteiger partial charge in [0.1, 0.15) is 11.3 Å². The Bertz CT molecular complexity index is 1220. The topological polar surface area (TPSA) is 108 Å². The molecule has 10 nitrogen and oxygen atoms in total. The first-order valence-electron chi connectivity index (χ1n) is 11.4.